The number of nitrogen functional groups attached to an aromatic ring is 1. The molecule has 0 spiro atoms. The molecule has 0 aromatic heterocycles. The Morgan fingerprint density at radius 1 is 1.60 bits per heavy atom. The fraction of sp³-hybridized carbons (Fsp3) is 0.100. The summed E-state index contributed by atoms with van der Waals surface area (Å²) in [5, 5.41) is 9.34. The van der Waals surface area contributed by atoms with Gasteiger partial charge in [-0.3, -0.25) is 0 Å². The van der Waals surface area contributed by atoms with Gasteiger partial charge in [-0.1, -0.05) is 28.1 Å². The Hall–Kier alpha value is -1.36. The summed E-state index contributed by atoms with van der Waals surface area (Å²) in [6.07, 6.45) is 3.16. The summed E-state index contributed by atoms with van der Waals surface area (Å²) in [4.78, 5) is 10.7. The van der Waals surface area contributed by atoms with Gasteiger partial charge in [-0.25, -0.2) is 9.18 Å². The van der Waals surface area contributed by atoms with E-state index < -0.39 is 11.8 Å². The zero-order chi connectivity index (χ0) is 11.4. The van der Waals surface area contributed by atoms with E-state index in [-0.39, 0.29) is 16.8 Å². The van der Waals surface area contributed by atoms with E-state index in [0.29, 0.717) is 5.33 Å². The summed E-state index contributed by atoms with van der Waals surface area (Å²) in [5.41, 5.74) is 5.41. The highest BCUT2D eigenvalue weighted by Gasteiger charge is 2.11. The molecule has 0 saturated heterocycles. The minimum atomic E-state index is -1.17. The van der Waals surface area contributed by atoms with E-state index in [1.165, 1.54) is 12.1 Å². The number of carbonyl (C=O) groups is 1. The Kier molecular flexibility index (Phi) is 3.85. The summed E-state index contributed by atoms with van der Waals surface area (Å²) in [5.74, 6) is -1.70. The first-order chi connectivity index (χ1) is 7.06. The third-order valence-electron chi connectivity index (χ3n) is 1.79. The van der Waals surface area contributed by atoms with Crippen LogP contribution >= 0.6 is 15.9 Å². The molecule has 15 heavy (non-hydrogen) atoms. The number of carboxylic acid groups (broad SMARTS) is 1. The van der Waals surface area contributed by atoms with Crippen LogP contribution in [-0.2, 0) is 0 Å². The molecule has 0 aliphatic carbocycles. The van der Waals surface area contributed by atoms with Crippen molar-refractivity contribution in [3.63, 3.8) is 0 Å². The zero-order valence-corrected chi connectivity index (χ0v) is 9.29. The second-order valence-electron chi connectivity index (χ2n) is 2.82. The van der Waals surface area contributed by atoms with E-state index in [0.717, 1.165) is 6.07 Å². The van der Waals surface area contributed by atoms with Gasteiger partial charge in [0.05, 0.1) is 5.56 Å². The molecule has 1 aromatic carbocycles. The number of benzene rings is 1. The van der Waals surface area contributed by atoms with Gasteiger partial charge in [0, 0.05) is 16.6 Å². The van der Waals surface area contributed by atoms with Crippen molar-refractivity contribution in [2.75, 3.05) is 11.1 Å². The van der Waals surface area contributed by atoms with Crippen LogP contribution in [0.2, 0.25) is 0 Å². The summed E-state index contributed by atoms with van der Waals surface area (Å²) in [6, 6.07) is 2.23. The maximum atomic E-state index is 13.3. The average Bonchev–Trinajstić information content (AvgIpc) is 2.16. The lowest BCUT2D eigenvalue weighted by molar-refractivity contribution is 0.0698. The average molecular weight is 274 g/mol. The van der Waals surface area contributed by atoms with Crippen molar-refractivity contribution in [3.05, 3.63) is 35.2 Å². The highest BCUT2D eigenvalue weighted by atomic mass is 79.9. The van der Waals surface area contributed by atoms with E-state index in [9.17, 15) is 9.18 Å². The third kappa shape index (κ3) is 2.79. The summed E-state index contributed by atoms with van der Waals surface area (Å²) in [6.45, 7) is 0. The van der Waals surface area contributed by atoms with E-state index in [4.69, 9.17) is 10.8 Å². The first kappa shape index (κ1) is 11.7. The van der Waals surface area contributed by atoms with Crippen molar-refractivity contribution < 1.29 is 14.3 Å². The van der Waals surface area contributed by atoms with E-state index in [1.54, 1.807) is 6.08 Å². The van der Waals surface area contributed by atoms with Crippen LogP contribution in [0, 0.1) is 5.82 Å². The number of hydrogen-bond acceptors (Lipinski definition) is 2. The zero-order valence-electron chi connectivity index (χ0n) is 7.71. The molecule has 0 radical (unpaired) electrons. The molecule has 1 rings (SSSR count). The predicted octanol–water partition coefficient (Wildman–Crippen LogP) is 2.51. The van der Waals surface area contributed by atoms with Gasteiger partial charge in [-0.2, -0.15) is 0 Å². The van der Waals surface area contributed by atoms with Crippen molar-refractivity contribution >= 4 is 33.7 Å². The maximum absolute atomic E-state index is 13.3. The first-order valence-electron chi connectivity index (χ1n) is 4.11. The minimum Gasteiger partial charge on any atom is -0.478 e. The molecule has 0 unspecified atom stereocenters. The number of anilines is 1. The van der Waals surface area contributed by atoms with Gasteiger partial charge in [0.1, 0.15) is 5.82 Å². The molecular formula is C10H9BrFNO2. The first-order valence-corrected chi connectivity index (χ1v) is 5.23. The van der Waals surface area contributed by atoms with E-state index in [1.807, 2.05) is 0 Å². The van der Waals surface area contributed by atoms with Crippen molar-refractivity contribution in [1.82, 2.24) is 0 Å². The van der Waals surface area contributed by atoms with Gasteiger partial charge in [0.2, 0.25) is 0 Å². The smallest absolute Gasteiger partial charge is 0.337 e. The highest BCUT2D eigenvalue weighted by molar-refractivity contribution is 9.09. The number of alkyl halides is 1. The molecule has 0 saturated carbocycles. The summed E-state index contributed by atoms with van der Waals surface area (Å²) in [7, 11) is 0. The Morgan fingerprint density at radius 2 is 2.27 bits per heavy atom. The molecule has 0 aliphatic heterocycles. The van der Waals surface area contributed by atoms with Gasteiger partial charge < -0.3 is 10.8 Å². The monoisotopic (exact) mass is 273 g/mol. The van der Waals surface area contributed by atoms with Crippen molar-refractivity contribution in [2.45, 2.75) is 0 Å². The Morgan fingerprint density at radius 3 is 2.80 bits per heavy atom. The molecule has 3 nitrogen and oxygen atoms in total. The van der Waals surface area contributed by atoms with Crippen LogP contribution in [0.1, 0.15) is 15.9 Å². The van der Waals surface area contributed by atoms with Gasteiger partial charge in [-0.05, 0) is 12.1 Å². The highest BCUT2D eigenvalue weighted by Crippen LogP contribution is 2.19. The van der Waals surface area contributed by atoms with Gasteiger partial charge in [0.15, 0.2) is 0 Å². The number of rotatable bonds is 3. The molecule has 5 heteroatoms. The molecule has 0 heterocycles. The lowest BCUT2D eigenvalue weighted by Crippen LogP contribution is -2.04. The summed E-state index contributed by atoms with van der Waals surface area (Å²) < 4.78 is 13.3. The molecule has 1 aromatic rings. The normalized spacial score (nSPS) is 10.8. The number of carboxylic acids is 1. The van der Waals surface area contributed by atoms with Crippen molar-refractivity contribution in [1.29, 1.82) is 0 Å². The van der Waals surface area contributed by atoms with Crippen LogP contribution in [0.3, 0.4) is 0 Å². The second kappa shape index (κ2) is 4.93. The predicted molar refractivity (Wildman–Crippen MR) is 60.6 cm³/mol. The second-order valence-corrected chi connectivity index (χ2v) is 3.47. The largest absolute Gasteiger partial charge is 0.478 e. The van der Waals surface area contributed by atoms with E-state index >= 15 is 0 Å². The van der Waals surface area contributed by atoms with Crippen LogP contribution in [0.15, 0.2) is 18.2 Å². The Bertz CT molecular complexity index is 418. The van der Waals surface area contributed by atoms with Gasteiger partial charge in [-0.15, -0.1) is 0 Å². The number of allylic oxidation sites excluding steroid dienone is 1. The van der Waals surface area contributed by atoms with E-state index in [2.05, 4.69) is 15.9 Å². The van der Waals surface area contributed by atoms with Crippen molar-refractivity contribution in [2.24, 2.45) is 0 Å². The lowest BCUT2D eigenvalue weighted by Gasteiger charge is -2.03. The van der Waals surface area contributed by atoms with Crippen LogP contribution in [0.4, 0.5) is 10.1 Å². The maximum Gasteiger partial charge on any atom is 0.337 e. The topological polar surface area (TPSA) is 63.3 Å². The SMILES string of the molecule is Nc1cc(F)c(C=CCBr)cc1C(=O)O. The molecule has 0 fully saturated rings. The molecule has 80 valence electrons. The fourth-order valence-corrected chi connectivity index (χ4v) is 1.28. The molecular weight excluding hydrogens is 265 g/mol. The quantitative estimate of drug-likeness (QED) is 0.657. The Balaban J connectivity index is 3.23. The third-order valence-corrected chi connectivity index (χ3v) is 2.16. The van der Waals surface area contributed by atoms with Crippen LogP contribution in [0.5, 0.6) is 0 Å². The van der Waals surface area contributed by atoms with Crippen LogP contribution in [0.25, 0.3) is 6.08 Å². The lowest BCUT2D eigenvalue weighted by atomic mass is 10.1. The number of aromatic carboxylic acids is 1. The van der Waals surface area contributed by atoms with Gasteiger partial charge >= 0.3 is 5.97 Å². The molecule has 0 bridgehead atoms. The Labute approximate surface area is 94.5 Å². The summed E-state index contributed by atoms with van der Waals surface area (Å²) >= 11 is 3.14. The number of nitrogens with two attached hydrogens (primary N) is 1. The van der Waals surface area contributed by atoms with Crippen LogP contribution in [-0.4, -0.2) is 16.4 Å². The minimum absolute atomic E-state index is 0.0732. The van der Waals surface area contributed by atoms with Crippen molar-refractivity contribution in [3.8, 4) is 0 Å². The molecule has 0 amide bonds. The fourth-order valence-electron chi connectivity index (χ4n) is 1.09. The standard InChI is InChI=1S/C10H9BrFNO2/c11-3-1-2-6-4-7(10(14)15)9(13)5-8(6)12/h1-2,4-5H,3,13H2,(H,14,15). The number of halogens is 2. The molecule has 3 N–H and O–H groups in total. The van der Waals surface area contributed by atoms with Gasteiger partial charge in [0.25, 0.3) is 0 Å². The molecule has 0 atom stereocenters. The number of hydrogen-bond donors (Lipinski definition) is 2. The molecule has 0 aliphatic rings. The van der Waals surface area contributed by atoms with Crippen LogP contribution < -0.4 is 5.73 Å².